The van der Waals surface area contributed by atoms with Crippen LogP contribution in [0, 0.1) is 0 Å². The summed E-state index contributed by atoms with van der Waals surface area (Å²) in [5.74, 6) is -1.30. The second kappa shape index (κ2) is 5.30. The maximum absolute atomic E-state index is 14.7. The number of carboxylic acid groups (broad SMARTS) is 2. The van der Waals surface area contributed by atoms with E-state index in [1.807, 2.05) is 4.90 Å². The summed E-state index contributed by atoms with van der Waals surface area (Å²) in [6.07, 6.45) is -1.69. The normalized spacial score (nSPS) is 32.5. The zero-order valence-corrected chi connectivity index (χ0v) is 10.4. The minimum Gasteiger partial charge on any atom is -0.480 e. The Kier molecular flexibility index (Phi) is 3.91. The van der Waals surface area contributed by atoms with Gasteiger partial charge < -0.3 is 14.9 Å². The maximum atomic E-state index is 14.7. The van der Waals surface area contributed by atoms with Crippen molar-refractivity contribution in [3.63, 3.8) is 0 Å². The molecule has 2 N–H and O–H groups in total. The average molecular weight is 276 g/mol. The number of hydrogen-bond acceptors (Lipinski definition) is 4. The number of carboxylic acids is 1. The average Bonchev–Trinajstić information content (AvgIpc) is 2.69. The van der Waals surface area contributed by atoms with Crippen LogP contribution in [0.3, 0.4) is 0 Å². The highest BCUT2D eigenvalue weighted by molar-refractivity contribution is 5.80. The molecular formula is C11H17FN2O5. The topological polar surface area (TPSA) is 90.3 Å². The predicted molar refractivity (Wildman–Crippen MR) is 61.9 cm³/mol. The molecule has 0 spiro atoms. The standard InChI is InChI=1S/C11H17FN2O5/c12-11(6-13-1-3-19-4-2-13)5-8(9(15)16)14(7-11)10(17)18/h8H,1-7H2,(H,15,16)(H,17,18)/t8-,11-/m0/s1. The zero-order chi connectivity index (χ0) is 14.0. The second-order valence-electron chi connectivity index (χ2n) is 5.01. The van der Waals surface area contributed by atoms with Crippen molar-refractivity contribution in [2.75, 3.05) is 39.4 Å². The van der Waals surface area contributed by atoms with Crippen molar-refractivity contribution in [3.05, 3.63) is 0 Å². The van der Waals surface area contributed by atoms with Gasteiger partial charge in [0.15, 0.2) is 0 Å². The van der Waals surface area contributed by atoms with Gasteiger partial charge in [-0.25, -0.2) is 14.0 Å². The molecular weight excluding hydrogens is 259 g/mol. The van der Waals surface area contributed by atoms with Crippen LogP contribution in [0.5, 0.6) is 0 Å². The molecule has 2 aliphatic heterocycles. The molecule has 7 nitrogen and oxygen atoms in total. The van der Waals surface area contributed by atoms with E-state index in [4.69, 9.17) is 14.9 Å². The van der Waals surface area contributed by atoms with Gasteiger partial charge in [0.25, 0.3) is 0 Å². The monoisotopic (exact) mass is 276 g/mol. The number of ether oxygens (including phenoxy) is 1. The summed E-state index contributed by atoms with van der Waals surface area (Å²) < 4.78 is 19.8. The summed E-state index contributed by atoms with van der Waals surface area (Å²) in [5, 5.41) is 17.9. The fourth-order valence-corrected chi connectivity index (χ4v) is 2.63. The lowest BCUT2D eigenvalue weighted by molar-refractivity contribution is -0.141. The fourth-order valence-electron chi connectivity index (χ4n) is 2.63. The molecule has 2 saturated heterocycles. The molecule has 0 aromatic rings. The van der Waals surface area contributed by atoms with Gasteiger partial charge in [-0.1, -0.05) is 0 Å². The van der Waals surface area contributed by atoms with Crippen molar-refractivity contribution in [2.45, 2.75) is 18.1 Å². The van der Waals surface area contributed by atoms with Gasteiger partial charge in [0, 0.05) is 26.1 Å². The van der Waals surface area contributed by atoms with Crippen LogP contribution in [-0.2, 0) is 9.53 Å². The van der Waals surface area contributed by atoms with E-state index in [0.717, 1.165) is 0 Å². The number of alkyl halides is 1. The molecule has 108 valence electrons. The molecule has 0 aromatic heterocycles. The number of carbonyl (C=O) groups is 2. The number of nitrogens with zero attached hydrogens (tertiary/aromatic N) is 2. The van der Waals surface area contributed by atoms with Crippen LogP contribution in [-0.4, -0.2) is 83.2 Å². The maximum Gasteiger partial charge on any atom is 0.408 e. The summed E-state index contributed by atoms with van der Waals surface area (Å²) >= 11 is 0. The number of aliphatic carboxylic acids is 1. The molecule has 2 aliphatic rings. The Morgan fingerprint density at radius 2 is 1.95 bits per heavy atom. The molecule has 0 aromatic carbocycles. The van der Waals surface area contributed by atoms with Gasteiger partial charge in [-0.3, -0.25) is 9.80 Å². The molecule has 0 unspecified atom stereocenters. The van der Waals surface area contributed by atoms with Gasteiger partial charge in [0.05, 0.1) is 19.8 Å². The lowest BCUT2D eigenvalue weighted by Crippen LogP contribution is -2.46. The van der Waals surface area contributed by atoms with Gasteiger partial charge in [-0.05, 0) is 0 Å². The van der Waals surface area contributed by atoms with Crippen molar-refractivity contribution in [3.8, 4) is 0 Å². The highest BCUT2D eigenvalue weighted by atomic mass is 19.1. The van der Waals surface area contributed by atoms with Crippen molar-refractivity contribution >= 4 is 12.1 Å². The number of rotatable bonds is 3. The number of morpholine rings is 1. The Bertz CT molecular complexity index is 350. The Hall–Kier alpha value is -1.41. The smallest absolute Gasteiger partial charge is 0.408 e. The van der Waals surface area contributed by atoms with Gasteiger partial charge in [-0.2, -0.15) is 0 Å². The lowest BCUT2D eigenvalue weighted by Gasteiger charge is -2.31. The molecule has 0 bridgehead atoms. The molecule has 0 saturated carbocycles. The van der Waals surface area contributed by atoms with Crippen LogP contribution in [0.25, 0.3) is 0 Å². The van der Waals surface area contributed by atoms with E-state index in [0.29, 0.717) is 31.2 Å². The lowest BCUT2D eigenvalue weighted by atomic mass is 10.0. The number of halogens is 1. The van der Waals surface area contributed by atoms with E-state index >= 15 is 0 Å². The Labute approximate surface area is 109 Å². The van der Waals surface area contributed by atoms with E-state index in [9.17, 15) is 14.0 Å². The Morgan fingerprint density at radius 3 is 2.42 bits per heavy atom. The Morgan fingerprint density at radius 1 is 1.32 bits per heavy atom. The van der Waals surface area contributed by atoms with Crippen molar-refractivity contribution in [2.24, 2.45) is 0 Å². The number of likely N-dealkylation sites (tertiary alicyclic amines) is 1. The second-order valence-corrected chi connectivity index (χ2v) is 5.01. The molecule has 0 radical (unpaired) electrons. The third-order valence-electron chi connectivity index (χ3n) is 3.53. The first-order chi connectivity index (χ1) is 8.91. The molecule has 2 atom stereocenters. The van der Waals surface area contributed by atoms with E-state index in [-0.39, 0.29) is 13.0 Å². The third-order valence-corrected chi connectivity index (χ3v) is 3.53. The summed E-state index contributed by atoms with van der Waals surface area (Å²) in [6.45, 7) is 1.84. The van der Waals surface area contributed by atoms with Crippen LogP contribution in [0.2, 0.25) is 0 Å². The molecule has 2 fully saturated rings. The first kappa shape index (κ1) is 14.0. The minimum absolute atomic E-state index is 0.0456. The van der Waals surface area contributed by atoms with E-state index in [1.54, 1.807) is 0 Å². The van der Waals surface area contributed by atoms with Crippen molar-refractivity contribution < 1.29 is 28.9 Å². The first-order valence-corrected chi connectivity index (χ1v) is 6.13. The van der Waals surface area contributed by atoms with E-state index < -0.39 is 30.3 Å². The predicted octanol–water partition coefficient (Wildman–Crippen LogP) is -0.136. The van der Waals surface area contributed by atoms with Crippen molar-refractivity contribution in [1.82, 2.24) is 9.80 Å². The van der Waals surface area contributed by atoms with Crippen LogP contribution in [0.15, 0.2) is 0 Å². The van der Waals surface area contributed by atoms with Crippen LogP contribution < -0.4 is 0 Å². The molecule has 2 rings (SSSR count). The summed E-state index contributed by atoms with van der Waals surface area (Å²) in [6, 6.07) is -1.30. The van der Waals surface area contributed by atoms with Gasteiger partial charge in [0.2, 0.25) is 0 Å². The van der Waals surface area contributed by atoms with Crippen LogP contribution in [0.1, 0.15) is 6.42 Å². The summed E-state index contributed by atoms with van der Waals surface area (Å²) in [5.41, 5.74) is -1.81. The molecule has 1 amide bonds. The number of amides is 1. The first-order valence-electron chi connectivity index (χ1n) is 6.13. The molecule has 0 aliphatic carbocycles. The quantitative estimate of drug-likeness (QED) is 0.746. The summed E-state index contributed by atoms with van der Waals surface area (Å²) in [4.78, 5) is 24.5. The number of hydrogen-bond donors (Lipinski definition) is 2. The van der Waals surface area contributed by atoms with Gasteiger partial charge in [-0.15, -0.1) is 0 Å². The molecule has 19 heavy (non-hydrogen) atoms. The highest BCUT2D eigenvalue weighted by Gasteiger charge is 2.50. The SMILES string of the molecule is O=C(O)[C@@H]1C[C@](F)(CN2CCOCC2)CN1C(=O)O. The third kappa shape index (κ3) is 3.13. The summed E-state index contributed by atoms with van der Waals surface area (Å²) in [7, 11) is 0. The molecule has 2 heterocycles. The van der Waals surface area contributed by atoms with Crippen molar-refractivity contribution in [1.29, 1.82) is 0 Å². The Balaban J connectivity index is 2.03. The van der Waals surface area contributed by atoms with Gasteiger partial charge in [0.1, 0.15) is 11.7 Å². The minimum atomic E-state index is -1.81. The highest BCUT2D eigenvalue weighted by Crippen LogP contribution is 2.32. The fraction of sp³-hybridized carbons (Fsp3) is 0.818. The zero-order valence-electron chi connectivity index (χ0n) is 10.4. The van der Waals surface area contributed by atoms with E-state index in [1.165, 1.54) is 0 Å². The van der Waals surface area contributed by atoms with E-state index in [2.05, 4.69) is 0 Å². The molecule has 8 heteroatoms. The van der Waals surface area contributed by atoms with Crippen LogP contribution >= 0.6 is 0 Å². The van der Waals surface area contributed by atoms with Crippen LogP contribution in [0.4, 0.5) is 9.18 Å². The van der Waals surface area contributed by atoms with Gasteiger partial charge >= 0.3 is 12.1 Å². The largest absolute Gasteiger partial charge is 0.480 e.